The van der Waals surface area contributed by atoms with Crippen LogP contribution >= 0.6 is 0 Å². The number of hydrogen-bond donors (Lipinski definition) is 0. The van der Waals surface area contributed by atoms with Crippen LogP contribution < -0.4 is 0 Å². The van der Waals surface area contributed by atoms with Crippen LogP contribution in [0.5, 0.6) is 0 Å². The second-order valence-electron chi connectivity index (χ2n) is 16.7. The van der Waals surface area contributed by atoms with Crippen molar-refractivity contribution < 1.29 is 0 Å². The van der Waals surface area contributed by atoms with Crippen molar-refractivity contribution in [2.24, 2.45) is 23.7 Å². The van der Waals surface area contributed by atoms with E-state index < -0.39 is 0 Å². The maximum atomic E-state index is 5.41. The summed E-state index contributed by atoms with van der Waals surface area (Å²) in [6.45, 7) is 7.23. The third kappa shape index (κ3) is 2.78. The number of fused-ring (bicyclic) bond motifs is 6. The summed E-state index contributed by atoms with van der Waals surface area (Å²) < 4.78 is 2.63. The van der Waals surface area contributed by atoms with Gasteiger partial charge in [-0.15, -0.1) is 0 Å². The average Bonchev–Trinajstić information content (AvgIpc) is 3.32. The normalized spacial score (nSPS) is 35.2. The van der Waals surface area contributed by atoms with E-state index in [2.05, 4.69) is 49.7 Å². The molecule has 0 aliphatic heterocycles. The summed E-state index contributed by atoms with van der Waals surface area (Å²) in [4.78, 5) is 10.8. The second kappa shape index (κ2) is 7.26. The Bertz CT molecular complexity index is 1800. The largest absolute Gasteiger partial charge is 0.305 e. The first-order valence-corrected chi connectivity index (χ1v) is 16.9. The predicted octanol–water partition coefficient (Wildman–Crippen LogP) is 9.71. The Morgan fingerprint density at radius 2 is 1.00 bits per heavy atom. The van der Waals surface area contributed by atoms with Gasteiger partial charge in [-0.05, 0) is 134 Å². The Morgan fingerprint density at radius 1 is 0.585 bits per heavy atom. The third-order valence-corrected chi connectivity index (χ3v) is 13.3. The first kappa shape index (κ1) is 22.9. The van der Waals surface area contributed by atoms with Gasteiger partial charge < -0.3 is 4.40 Å². The Balaban J connectivity index is 1.31. The lowest BCUT2D eigenvalue weighted by molar-refractivity contribution is 0.165. The minimum atomic E-state index is 0.102. The highest BCUT2D eigenvalue weighted by molar-refractivity contribution is 6.25. The number of nitrogens with zero attached hydrogens (tertiary/aromatic N) is 3. The van der Waals surface area contributed by atoms with E-state index in [0.717, 1.165) is 23.7 Å². The molecule has 4 saturated carbocycles. The summed E-state index contributed by atoms with van der Waals surface area (Å²) in [7, 11) is 0. The molecule has 3 heteroatoms. The summed E-state index contributed by atoms with van der Waals surface area (Å²) in [5.41, 5.74) is 12.0. The van der Waals surface area contributed by atoms with E-state index >= 15 is 0 Å². The van der Waals surface area contributed by atoms with Crippen LogP contribution in [0.1, 0.15) is 137 Å². The molecule has 8 bridgehead atoms. The van der Waals surface area contributed by atoms with Gasteiger partial charge in [0.05, 0.1) is 28.9 Å². The van der Waals surface area contributed by atoms with E-state index in [9.17, 15) is 0 Å². The number of pyridine rings is 2. The molecule has 0 amide bonds. The van der Waals surface area contributed by atoms with E-state index in [1.54, 1.807) is 21.9 Å². The van der Waals surface area contributed by atoms with Crippen molar-refractivity contribution in [2.75, 3.05) is 0 Å². The molecule has 8 aliphatic carbocycles. The Hall–Kier alpha value is -2.68. The zero-order valence-corrected chi connectivity index (χ0v) is 24.8. The molecule has 0 N–H and O–H groups in total. The molecule has 5 aromatic rings. The van der Waals surface area contributed by atoms with E-state index in [0.29, 0.717) is 23.7 Å². The number of aromatic nitrogens is 3. The van der Waals surface area contributed by atoms with E-state index in [4.69, 9.17) is 9.97 Å². The highest BCUT2D eigenvalue weighted by Crippen LogP contribution is 2.60. The molecule has 4 atom stereocenters. The maximum Gasteiger partial charge on any atom is 0.0728 e. The van der Waals surface area contributed by atoms with Crippen LogP contribution in [0.15, 0.2) is 24.5 Å². The number of benzene rings is 1. The van der Waals surface area contributed by atoms with E-state index in [1.165, 1.54) is 108 Å². The van der Waals surface area contributed by atoms with Crippen molar-refractivity contribution in [3.63, 3.8) is 0 Å². The summed E-state index contributed by atoms with van der Waals surface area (Å²) >= 11 is 0. The summed E-state index contributed by atoms with van der Waals surface area (Å²) in [6, 6.07) is 5.19. The van der Waals surface area contributed by atoms with E-state index in [1.807, 2.05) is 0 Å². The zero-order valence-electron chi connectivity index (χ0n) is 24.8. The van der Waals surface area contributed by atoms with Crippen molar-refractivity contribution in [2.45, 2.75) is 114 Å². The fourth-order valence-corrected chi connectivity index (χ4v) is 12.1. The smallest absolute Gasteiger partial charge is 0.0728 e. The molecule has 4 fully saturated rings. The zero-order chi connectivity index (χ0) is 26.9. The van der Waals surface area contributed by atoms with Crippen LogP contribution in [-0.2, 0) is 5.41 Å². The van der Waals surface area contributed by atoms with Crippen molar-refractivity contribution in [1.82, 2.24) is 14.4 Å². The molecule has 4 unspecified atom stereocenters. The topological polar surface area (TPSA) is 30.2 Å². The molecule has 4 heterocycles. The van der Waals surface area contributed by atoms with Gasteiger partial charge in [-0.1, -0.05) is 20.8 Å². The molecule has 4 aromatic heterocycles. The lowest BCUT2D eigenvalue weighted by Crippen LogP contribution is -2.25. The lowest BCUT2D eigenvalue weighted by atomic mass is 9.67. The molecule has 0 spiro atoms. The Morgan fingerprint density at radius 3 is 1.41 bits per heavy atom. The van der Waals surface area contributed by atoms with Gasteiger partial charge in [0.1, 0.15) is 0 Å². The van der Waals surface area contributed by atoms with Gasteiger partial charge in [0.15, 0.2) is 0 Å². The quantitative estimate of drug-likeness (QED) is 0.196. The molecular formula is C38H41N3. The predicted molar refractivity (Wildman–Crippen MR) is 166 cm³/mol. The Kier molecular flexibility index (Phi) is 4.05. The first-order chi connectivity index (χ1) is 19.9. The van der Waals surface area contributed by atoms with Crippen molar-refractivity contribution in [3.05, 3.63) is 52.6 Å². The highest BCUT2D eigenvalue weighted by atomic mass is 14.9. The molecule has 1 aromatic carbocycles. The van der Waals surface area contributed by atoms with Gasteiger partial charge >= 0.3 is 0 Å². The summed E-state index contributed by atoms with van der Waals surface area (Å²) in [5, 5.41) is 6.12. The number of hydrogen-bond acceptors (Lipinski definition) is 2. The van der Waals surface area contributed by atoms with Crippen LogP contribution in [0, 0.1) is 23.7 Å². The summed E-state index contributed by atoms with van der Waals surface area (Å²) in [6.07, 6.45) is 18.6. The highest BCUT2D eigenvalue weighted by Gasteiger charge is 2.46. The second-order valence-corrected chi connectivity index (χ2v) is 16.7. The minimum Gasteiger partial charge on any atom is -0.305 e. The average molecular weight is 540 g/mol. The van der Waals surface area contributed by atoms with Crippen LogP contribution in [0.3, 0.4) is 0 Å². The van der Waals surface area contributed by atoms with Crippen LogP contribution in [0.2, 0.25) is 0 Å². The molecule has 208 valence electrons. The van der Waals surface area contributed by atoms with Crippen molar-refractivity contribution in [1.29, 1.82) is 0 Å². The monoisotopic (exact) mass is 539 g/mol. The van der Waals surface area contributed by atoms with Crippen LogP contribution in [0.25, 0.3) is 38.1 Å². The Labute approximate surface area is 242 Å². The first-order valence-electron chi connectivity index (χ1n) is 16.9. The molecule has 0 radical (unpaired) electrons. The molecule has 3 nitrogen and oxygen atoms in total. The maximum absolute atomic E-state index is 5.41. The number of rotatable bonds is 0. The molecule has 13 rings (SSSR count). The standard InChI is InChI=1S/C38H41N3/c1-38(2,3)26-14-27-33-29(16-39-35-24-10-18-4-19(11-24)7-22(6-18)31(33)35)41-30-17-40-36-25-12-20-5-21(13-25)9-23(8-20)32(36)34(30)28(15-26)37(27)41/h14-25H,4-13H2,1-3H3. The fourth-order valence-electron chi connectivity index (χ4n) is 12.1. The van der Waals surface area contributed by atoms with Crippen molar-refractivity contribution in [3.8, 4) is 0 Å². The summed E-state index contributed by atoms with van der Waals surface area (Å²) in [5.74, 6) is 6.37. The lowest BCUT2D eigenvalue weighted by Gasteiger charge is -2.38. The minimum absolute atomic E-state index is 0.102. The van der Waals surface area contributed by atoms with Crippen LogP contribution in [0.4, 0.5) is 0 Å². The van der Waals surface area contributed by atoms with Gasteiger partial charge in [-0.2, -0.15) is 0 Å². The van der Waals surface area contributed by atoms with E-state index in [-0.39, 0.29) is 5.41 Å². The van der Waals surface area contributed by atoms with Gasteiger partial charge in [-0.3, -0.25) is 9.97 Å². The van der Waals surface area contributed by atoms with Gasteiger partial charge in [0.25, 0.3) is 0 Å². The molecule has 8 aliphatic rings. The van der Waals surface area contributed by atoms with Crippen LogP contribution in [-0.4, -0.2) is 14.4 Å². The van der Waals surface area contributed by atoms with Gasteiger partial charge in [0, 0.05) is 44.8 Å². The molecular weight excluding hydrogens is 498 g/mol. The third-order valence-electron chi connectivity index (χ3n) is 13.3. The fraction of sp³-hybridized carbons (Fsp3) is 0.579. The molecule has 41 heavy (non-hydrogen) atoms. The van der Waals surface area contributed by atoms with Gasteiger partial charge in [0.2, 0.25) is 0 Å². The van der Waals surface area contributed by atoms with Gasteiger partial charge in [-0.25, -0.2) is 0 Å². The van der Waals surface area contributed by atoms with Crippen molar-refractivity contribution >= 4 is 38.1 Å². The molecule has 0 saturated heterocycles. The SMILES string of the molecule is CC(C)(C)c1cc2c3c4c(ncc3n3c5cnc6c(c5c(c1)c23)C1CC2CC(CC6C2)C1)C1CC2CC(C1)CC4C2.